The van der Waals surface area contributed by atoms with Crippen molar-refractivity contribution in [2.45, 2.75) is 32.7 Å². The Bertz CT molecular complexity index is 1060. The van der Waals surface area contributed by atoms with Gasteiger partial charge in [-0.15, -0.1) is 0 Å². The molecule has 4 rings (SSSR count). The molecule has 122 valence electrons. The number of aryl methyl sites for hydroxylation is 1. The molecule has 0 bridgehead atoms. The number of rotatable bonds is 3. The van der Waals surface area contributed by atoms with E-state index < -0.39 is 0 Å². The zero-order valence-corrected chi connectivity index (χ0v) is 14.0. The minimum Gasteiger partial charge on any atom is -0.346 e. The molecule has 4 nitrogen and oxygen atoms in total. The lowest BCUT2D eigenvalue weighted by molar-refractivity contribution is 0.699. The normalized spacial score (nSPS) is 15.2. The fourth-order valence-electron chi connectivity index (χ4n) is 3.40. The summed E-state index contributed by atoms with van der Waals surface area (Å²) in [5.74, 6) is 0. The molecule has 1 saturated carbocycles. The predicted octanol–water partition coefficient (Wildman–Crippen LogP) is 2.16. The first-order chi connectivity index (χ1) is 11.6. The molecule has 0 saturated heterocycles. The molecule has 2 heterocycles. The summed E-state index contributed by atoms with van der Waals surface area (Å²) in [6.45, 7) is 8.27. The Morgan fingerprint density at radius 3 is 2.58 bits per heavy atom. The maximum atomic E-state index is 12.8. The minimum absolute atomic E-state index is 0.0672. The lowest BCUT2D eigenvalue weighted by Gasteiger charge is -2.06. The predicted molar refractivity (Wildman–Crippen MR) is 96.9 cm³/mol. The third-order valence-electron chi connectivity index (χ3n) is 4.76. The molecule has 0 spiro atoms. The van der Waals surface area contributed by atoms with Crippen molar-refractivity contribution in [3.63, 3.8) is 0 Å². The molecule has 4 heteroatoms. The highest BCUT2D eigenvalue weighted by molar-refractivity contribution is 5.54. The van der Waals surface area contributed by atoms with Gasteiger partial charge in [-0.25, -0.2) is 4.68 Å². The number of para-hydroxylation sites is 1. The lowest BCUT2D eigenvalue weighted by atomic mass is 10.2. The lowest BCUT2D eigenvalue weighted by Crippen LogP contribution is -2.34. The van der Waals surface area contributed by atoms with Crippen LogP contribution in [-0.4, -0.2) is 14.3 Å². The molecule has 0 atom stereocenters. The summed E-state index contributed by atoms with van der Waals surface area (Å²) in [5.41, 5.74) is 4.32. The van der Waals surface area contributed by atoms with E-state index in [0.717, 1.165) is 11.3 Å². The monoisotopic (exact) mass is 319 g/mol. The van der Waals surface area contributed by atoms with Gasteiger partial charge in [0.2, 0.25) is 0 Å². The number of aromatic nitrogens is 3. The van der Waals surface area contributed by atoms with Gasteiger partial charge in [-0.2, -0.15) is 0 Å². The van der Waals surface area contributed by atoms with Crippen LogP contribution in [0.5, 0.6) is 0 Å². The van der Waals surface area contributed by atoms with Gasteiger partial charge < -0.3 is 4.57 Å². The molecule has 3 aromatic rings. The molecule has 0 aliphatic heterocycles. The number of H-pyrrole nitrogens is 1. The maximum absolute atomic E-state index is 12.8. The molecule has 0 amide bonds. The Morgan fingerprint density at radius 1 is 1.21 bits per heavy atom. The number of nitrogens with zero attached hydrogens (tertiary/aromatic N) is 2. The van der Waals surface area contributed by atoms with Crippen LogP contribution in [0.3, 0.4) is 0 Å². The van der Waals surface area contributed by atoms with Gasteiger partial charge in [-0.05, 0) is 56.5 Å². The van der Waals surface area contributed by atoms with Crippen LogP contribution in [0.25, 0.3) is 18.3 Å². The van der Waals surface area contributed by atoms with Crippen LogP contribution in [0.1, 0.15) is 35.8 Å². The molecular weight excluding hydrogens is 298 g/mol. The summed E-state index contributed by atoms with van der Waals surface area (Å²) in [7, 11) is 0. The van der Waals surface area contributed by atoms with Gasteiger partial charge in [0.15, 0.2) is 0 Å². The average Bonchev–Trinajstić information content (AvgIpc) is 3.31. The van der Waals surface area contributed by atoms with E-state index in [1.165, 1.54) is 24.2 Å². The molecule has 0 unspecified atom stereocenters. The van der Waals surface area contributed by atoms with E-state index in [1.54, 1.807) is 4.68 Å². The fourth-order valence-corrected chi connectivity index (χ4v) is 3.40. The van der Waals surface area contributed by atoms with E-state index in [2.05, 4.69) is 36.2 Å². The Morgan fingerprint density at radius 2 is 1.92 bits per heavy atom. The van der Waals surface area contributed by atoms with Gasteiger partial charge in [0.25, 0.3) is 5.56 Å². The van der Waals surface area contributed by atoms with Gasteiger partial charge in [0.1, 0.15) is 0 Å². The highest BCUT2D eigenvalue weighted by atomic mass is 16.1. The summed E-state index contributed by atoms with van der Waals surface area (Å²) in [6, 6.07) is 12.4. The van der Waals surface area contributed by atoms with Gasteiger partial charge in [-0.1, -0.05) is 24.8 Å². The number of nitrogens with one attached hydrogen (secondary N) is 1. The molecular formula is C20H21N3O. The number of aromatic amines is 1. The number of hydrogen-bond acceptors (Lipinski definition) is 1. The maximum Gasteiger partial charge on any atom is 0.279 e. The summed E-state index contributed by atoms with van der Waals surface area (Å²) < 4.78 is 3.94. The second-order valence-electron chi connectivity index (χ2n) is 6.55. The quantitative estimate of drug-likeness (QED) is 0.790. The summed E-state index contributed by atoms with van der Waals surface area (Å²) in [6.07, 6.45) is 4.46. The zero-order valence-electron chi connectivity index (χ0n) is 14.0. The van der Waals surface area contributed by atoms with Crippen molar-refractivity contribution in [2.24, 2.45) is 0 Å². The first-order valence-electron chi connectivity index (χ1n) is 8.32. The Hall–Kier alpha value is -2.75. The van der Waals surface area contributed by atoms with Crippen LogP contribution in [0.2, 0.25) is 0 Å². The van der Waals surface area contributed by atoms with Crippen LogP contribution in [0.15, 0.2) is 41.2 Å². The molecule has 24 heavy (non-hydrogen) atoms. The van der Waals surface area contributed by atoms with Crippen molar-refractivity contribution in [3.05, 3.63) is 74.3 Å². The number of benzene rings is 1. The standard InChI is InChI=1S/C20H21N3O/c1-13-11-16(15(3)22(13)17-9-10-17)12-19-14(2)21-23(20(19)24)18-7-5-4-6-8-18/h4-8,11-12,17,21H,2,9-10H2,1,3H3/b19-12+. The average molecular weight is 319 g/mol. The van der Waals surface area contributed by atoms with Crippen LogP contribution in [0, 0.1) is 13.8 Å². The highest BCUT2D eigenvalue weighted by Crippen LogP contribution is 2.38. The van der Waals surface area contributed by atoms with Crippen LogP contribution < -0.4 is 16.1 Å². The van der Waals surface area contributed by atoms with Gasteiger partial charge in [0.05, 0.1) is 16.3 Å². The van der Waals surface area contributed by atoms with E-state index in [-0.39, 0.29) is 5.56 Å². The molecule has 2 aromatic heterocycles. The van der Waals surface area contributed by atoms with Crippen LogP contribution in [-0.2, 0) is 0 Å². The van der Waals surface area contributed by atoms with Crippen LogP contribution >= 0.6 is 0 Å². The Labute approximate surface area is 140 Å². The molecule has 1 fully saturated rings. The van der Waals surface area contributed by atoms with E-state index >= 15 is 0 Å². The van der Waals surface area contributed by atoms with E-state index in [1.807, 2.05) is 36.4 Å². The zero-order chi connectivity index (χ0) is 16.8. The van der Waals surface area contributed by atoms with Crippen molar-refractivity contribution < 1.29 is 0 Å². The third kappa shape index (κ3) is 2.35. The first kappa shape index (κ1) is 14.8. The SMILES string of the molecule is C=c1[nH]n(-c2ccccc2)c(=O)/c1=C/c1cc(C)n(C2CC2)c1C. The molecule has 1 N–H and O–H groups in total. The second kappa shape index (κ2) is 5.41. The second-order valence-corrected chi connectivity index (χ2v) is 6.55. The summed E-state index contributed by atoms with van der Waals surface area (Å²) in [5, 5.41) is 4.34. The molecule has 1 aliphatic carbocycles. The first-order valence-corrected chi connectivity index (χ1v) is 8.32. The van der Waals surface area contributed by atoms with Crippen molar-refractivity contribution in [2.75, 3.05) is 0 Å². The smallest absolute Gasteiger partial charge is 0.279 e. The Balaban J connectivity index is 1.88. The van der Waals surface area contributed by atoms with Crippen LogP contribution in [0.4, 0.5) is 0 Å². The van der Waals surface area contributed by atoms with Gasteiger partial charge in [-0.3, -0.25) is 9.89 Å². The molecule has 0 radical (unpaired) electrons. The van der Waals surface area contributed by atoms with Crippen molar-refractivity contribution >= 4 is 12.7 Å². The molecule has 1 aromatic carbocycles. The van der Waals surface area contributed by atoms with E-state index in [9.17, 15) is 4.79 Å². The highest BCUT2D eigenvalue weighted by Gasteiger charge is 2.26. The fraction of sp³-hybridized carbons (Fsp3) is 0.250. The van der Waals surface area contributed by atoms with Gasteiger partial charge in [0, 0.05) is 17.4 Å². The van der Waals surface area contributed by atoms with E-state index in [0.29, 0.717) is 16.6 Å². The largest absolute Gasteiger partial charge is 0.346 e. The van der Waals surface area contributed by atoms with E-state index in [4.69, 9.17) is 0 Å². The third-order valence-corrected chi connectivity index (χ3v) is 4.76. The van der Waals surface area contributed by atoms with Crippen molar-refractivity contribution in [3.8, 4) is 5.69 Å². The minimum atomic E-state index is -0.0672. The topological polar surface area (TPSA) is 42.7 Å². The Kier molecular flexibility index (Phi) is 3.34. The molecule has 1 aliphatic rings. The van der Waals surface area contributed by atoms with Gasteiger partial charge >= 0.3 is 0 Å². The van der Waals surface area contributed by atoms with Crippen molar-refractivity contribution in [1.82, 2.24) is 14.3 Å². The summed E-state index contributed by atoms with van der Waals surface area (Å²) >= 11 is 0. The van der Waals surface area contributed by atoms with Crippen molar-refractivity contribution in [1.29, 1.82) is 0 Å². The number of hydrogen-bond donors (Lipinski definition) is 1. The summed E-state index contributed by atoms with van der Waals surface area (Å²) in [4.78, 5) is 12.8.